The maximum Gasteiger partial charge on any atom is 0.264 e. The smallest absolute Gasteiger partial charge is 0.264 e. The number of aldehydes is 1. The number of allylic oxidation sites excluding steroid dienone is 1. The fraction of sp³-hybridized carbons (Fsp3) is 0.250. The number of sulfonamides is 1. The van der Waals surface area contributed by atoms with Gasteiger partial charge in [0, 0.05) is 5.56 Å². The Morgan fingerprint density at radius 3 is 2.40 bits per heavy atom. The van der Waals surface area contributed by atoms with E-state index in [4.69, 9.17) is 0 Å². The third-order valence-electron chi connectivity index (χ3n) is 3.80. The molecule has 0 aliphatic heterocycles. The normalized spacial score (nSPS) is 11.6. The Morgan fingerprint density at radius 2 is 1.76 bits per heavy atom. The molecule has 0 spiro atoms. The number of hydrogen-bond donors (Lipinski definition) is 0. The number of carbonyl (C=O) groups is 1. The van der Waals surface area contributed by atoms with Gasteiger partial charge in [-0.3, -0.25) is 9.10 Å². The Balaban J connectivity index is 2.45. The number of carbonyl (C=O) groups excluding carboxylic acids is 1. The van der Waals surface area contributed by atoms with Gasteiger partial charge in [0.15, 0.2) is 0 Å². The standard InChI is InChI=1S/C20H23NO3S/c1-3-4-5-6-14-21(19-9-7-8-18(15-19)16-22)25(23,24)20-12-10-17(2)11-13-20/h5-13,15-16H,3-4,14H2,1-2H3. The molecule has 2 aromatic rings. The van der Waals surface area contributed by atoms with Crippen LogP contribution in [0.1, 0.15) is 35.7 Å². The number of aryl methyl sites for hydroxylation is 1. The summed E-state index contributed by atoms with van der Waals surface area (Å²) in [7, 11) is -3.72. The van der Waals surface area contributed by atoms with Crippen LogP contribution in [0.2, 0.25) is 0 Å². The van der Waals surface area contributed by atoms with Crippen LogP contribution in [0.5, 0.6) is 0 Å². The van der Waals surface area contributed by atoms with Gasteiger partial charge in [0.05, 0.1) is 17.1 Å². The van der Waals surface area contributed by atoms with E-state index in [0.717, 1.165) is 18.4 Å². The first-order valence-corrected chi connectivity index (χ1v) is 9.72. The predicted octanol–water partition coefficient (Wildman–Crippen LogP) is 4.36. The molecule has 0 N–H and O–H groups in total. The summed E-state index contributed by atoms with van der Waals surface area (Å²) in [6, 6.07) is 13.4. The van der Waals surface area contributed by atoms with Crippen LogP contribution < -0.4 is 4.31 Å². The topological polar surface area (TPSA) is 54.5 Å². The molecule has 0 saturated carbocycles. The second kappa shape index (κ2) is 8.62. The van der Waals surface area contributed by atoms with Crippen molar-refractivity contribution >= 4 is 22.0 Å². The van der Waals surface area contributed by atoms with Crippen LogP contribution in [0.3, 0.4) is 0 Å². The van der Waals surface area contributed by atoms with E-state index in [2.05, 4.69) is 6.92 Å². The highest BCUT2D eigenvalue weighted by Gasteiger charge is 2.24. The zero-order valence-electron chi connectivity index (χ0n) is 14.6. The van der Waals surface area contributed by atoms with Crippen LogP contribution in [-0.2, 0) is 10.0 Å². The minimum absolute atomic E-state index is 0.221. The van der Waals surface area contributed by atoms with Gasteiger partial charge in [-0.1, -0.05) is 55.3 Å². The van der Waals surface area contributed by atoms with E-state index < -0.39 is 10.0 Å². The monoisotopic (exact) mass is 357 g/mol. The summed E-state index contributed by atoms with van der Waals surface area (Å²) in [5.41, 5.74) is 1.92. The third-order valence-corrected chi connectivity index (χ3v) is 5.60. The van der Waals surface area contributed by atoms with Gasteiger partial charge < -0.3 is 0 Å². The lowest BCUT2D eigenvalue weighted by Gasteiger charge is -2.23. The van der Waals surface area contributed by atoms with Crippen LogP contribution in [0.4, 0.5) is 5.69 Å². The zero-order valence-corrected chi connectivity index (χ0v) is 15.4. The molecule has 0 aromatic heterocycles. The number of unbranched alkanes of at least 4 members (excludes halogenated alkanes) is 1. The molecule has 4 nitrogen and oxygen atoms in total. The third kappa shape index (κ3) is 4.79. The van der Waals surface area contributed by atoms with Crippen molar-refractivity contribution in [3.8, 4) is 0 Å². The SMILES string of the molecule is CCCC=CCN(c1cccc(C=O)c1)S(=O)(=O)c1ccc(C)cc1. The molecule has 0 bridgehead atoms. The van der Waals surface area contributed by atoms with Gasteiger partial charge in [0.2, 0.25) is 0 Å². The molecule has 5 heteroatoms. The minimum Gasteiger partial charge on any atom is -0.298 e. The maximum absolute atomic E-state index is 13.1. The second-order valence-corrected chi connectivity index (χ2v) is 7.68. The van der Waals surface area contributed by atoms with E-state index in [-0.39, 0.29) is 11.4 Å². The van der Waals surface area contributed by atoms with E-state index in [1.165, 1.54) is 4.31 Å². The summed E-state index contributed by atoms with van der Waals surface area (Å²) in [5.74, 6) is 0. The van der Waals surface area contributed by atoms with E-state index in [1.807, 2.05) is 19.1 Å². The van der Waals surface area contributed by atoms with Crippen molar-refractivity contribution in [1.82, 2.24) is 0 Å². The van der Waals surface area contributed by atoms with Crippen LogP contribution in [-0.4, -0.2) is 21.2 Å². The number of hydrogen-bond acceptors (Lipinski definition) is 3. The summed E-state index contributed by atoms with van der Waals surface area (Å²) >= 11 is 0. The van der Waals surface area contributed by atoms with Crippen LogP contribution >= 0.6 is 0 Å². The summed E-state index contributed by atoms with van der Waals surface area (Å²) in [4.78, 5) is 11.3. The van der Waals surface area contributed by atoms with Crippen LogP contribution in [0, 0.1) is 6.92 Å². The van der Waals surface area contributed by atoms with Crippen molar-refractivity contribution < 1.29 is 13.2 Å². The second-order valence-electron chi connectivity index (χ2n) is 5.82. The predicted molar refractivity (Wildman–Crippen MR) is 102 cm³/mol. The van der Waals surface area contributed by atoms with Gasteiger partial charge in [-0.05, 0) is 37.6 Å². The molecule has 0 amide bonds. The lowest BCUT2D eigenvalue weighted by molar-refractivity contribution is 0.112. The average molecular weight is 357 g/mol. The summed E-state index contributed by atoms with van der Waals surface area (Å²) in [5, 5.41) is 0. The first-order chi connectivity index (χ1) is 12.0. The molecule has 0 fully saturated rings. The number of rotatable bonds is 8. The Labute approximate surface area is 149 Å². The van der Waals surface area contributed by atoms with E-state index in [1.54, 1.807) is 48.5 Å². The zero-order chi connectivity index (χ0) is 18.3. The highest BCUT2D eigenvalue weighted by molar-refractivity contribution is 7.92. The molecular weight excluding hydrogens is 334 g/mol. The van der Waals surface area contributed by atoms with Gasteiger partial charge in [0.1, 0.15) is 6.29 Å². The summed E-state index contributed by atoms with van der Waals surface area (Å²) < 4.78 is 27.6. The largest absolute Gasteiger partial charge is 0.298 e. The van der Waals surface area contributed by atoms with Crippen molar-refractivity contribution in [3.63, 3.8) is 0 Å². The van der Waals surface area contributed by atoms with Gasteiger partial charge in [0.25, 0.3) is 10.0 Å². The molecule has 2 rings (SSSR count). The van der Waals surface area contributed by atoms with Gasteiger partial charge in [-0.2, -0.15) is 0 Å². The number of anilines is 1. The molecule has 0 radical (unpaired) electrons. The van der Waals surface area contributed by atoms with Crippen LogP contribution in [0.15, 0.2) is 65.6 Å². The van der Waals surface area contributed by atoms with Gasteiger partial charge >= 0.3 is 0 Å². The first kappa shape index (κ1) is 18.9. The van der Waals surface area contributed by atoms with Crippen LogP contribution in [0.25, 0.3) is 0 Å². The molecular formula is C20H23NO3S. The van der Waals surface area contributed by atoms with Crippen molar-refractivity contribution in [2.45, 2.75) is 31.6 Å². The summed E-state index contributed by atoms with van der Waals surface area (Å²) in [6.07, 6.45) is 6.44. The maximum atomic E-state index is 13.1. The lowest BCUT2D eigenvalue weighted by atomic mass is 10.2. The average Bonchev–Trinajstić information content (AvgIpc) is 2.62. The van der Waals surface area contributed by atoms with E-state index in [9.17, 15) is 13.2 Å². The van der Waals surface area contributed by atoms with Crippen molar-refractivity contribution in [2.75, 3.05) is 10.8 Å². The fourth-order valence-corrected chi connectivity index (χ4v) is 3.80. The molecule has 0 heterocycles. The molecule has 25 heavy (non-hydrogen) atoms. The Kier molecular flexibility index (Phi) is 6.53. The van der Waals surface area contributed by atoms with Gasteiger partial charge in [-0.25, -0.2) is 8.42 Å². The molecule has 0 aliphatic carbocycles. The van der Waals surface area contributed by atoms with E-state index in [0.29, 0.717) is 17.5 Å². The van der Waals surface area contributed by atoms with E-state index >= 15 is 0 Å². The quantitative estimate of drug-likeness (QED) is 0.521. The first-order valence-electron chi connectivity index (χ1n) is 8.28. The molecule has 132 valence electrons. The van der Waals surface area contributed by atoms with Crippen molar-refractivity contribution in [3.05, 3.63) is 71.8 Å². The molecule has 0 unspecified atom stereocenters. The Bertz CT molecular complexity index is 839. The Morgan fingerprint density at radius 1 is 1.04 bits per heavy atom. The molecule has 0 aliphatic rings. The Hall–Kier alpha value is -2.40. The molecule has 0 saturated heterocycles. The van der Waals surface area contributed by atoms with Gasteiger partial charge in [-0.15, -0.1) is 0 Å². The summed E-state index contributed by atoms with van der Waals surface area (Å²) in [6.45, 7) is 4.20. The fourth-order valence-electron chi connectivity index (χ4n) is 2.39. The minimum atomic E-state index is -3.72. The van der Waals surface area contributed by atoms with Crippen molar-refractivity contribution in [1.29, 1.82) is 0 Å². The highest BCUT2D eigenvalue weighted by atomic mass is 32.2. The van der Waals surface area contributed by atoms with Crippen molar-refractivity contribution in [2.24, 2.45) is 0 Å². The molecule has 0 atom stereocenters. The molecule has 2 aromatic carbocycles. The number of nitrogens with zero attached hydrogens (tertiary/aromatic N) is 1. The highest BCUT2D eigenvalue weighted by Crippen LogP contribution is 2.24. The lowest BCUT2D eigenvalue weighted by Crippen LogP contribution is -2.31. The number of benzene rings is 2.